The van der Waals surface area contributed by atoms with Crippen molar-refractivity contribution in [2.75, 3.05) is 0 Å². The molecule has 1 N–H and O–H groups in total. The first-order valence-electron chi connectivity index (χ1n) is 4.59. The zero-order valence-corrected chi connectivity index (χ0v) is 8.57. The Bertz CT molecular complexity index is 113. The van der Waals surface area contributed by atoms with Gasteiger partial charge in [0.1, 0.15) is 0 Å². The molecule has 0 fully saturated rings. The van der Waals surface area contributed by atoms with Gasteiger partial charge in [0.05, 0.1) is 5.60 Å². The Balaban J connectivity index is 4.33. The van der Waals surface area contributed by atoms with Crippen LogP contribution in [0.3, 0.4) is 0 Å². The summed E-state index contributed by atoms with van der Waals surface area (Å²) in [4.78, 5) is 0. The Morgan fingerprint density at radius 1 is 1.09 bits per heavy atom. The van der Waals surface area contributed by atoms with E-state index in [1.807, 2.05) is 13.8 Å². The van der Waals surface area contributed by atoms with Crippen molar-refractivity contribution >= 4 is 0 Å². The third-order valence-corrected chi connectivity index (χ3v) is 3.06. The normalized spacial score (nSPS) is 18.0. The molecule has 0 aromatic rings. The summed E-state index contributed by atoms with van der Waals surface area (Å²) < 4.78 is 0. The van der Waals surface area contributed by atoms with Gasteiger partial charge < -0.3 is 5.11 Å². The summed E-state index contributed by atoms with van der Waals surface area (Å²) >= 11 is 0. The fraction of sp³-hybridized carbons (Fsp3) is 1.00. The first-order chi connectivity index (χ1) is 4.87. The standard InChI is InChI=1S/C10H22O/c1-6-8-10(5,7-2)9(3,4)11/h11H,6-8H2,1-5H3. The Morgan fingerprint density at radius 3 is 1.64 bits per heavy atom. The summed E-state index contributed by atoms with van der Waals surface area (Å²) in [5.41, 5.74) is -0.459. The topological polar surface area (TPSA) is 20.2 Å². The van der Waals surface area contributed by atoms with Gasteiger partial charge in [-0.25, -0.2) is 0 Å². The molecule has 1 heteroatoms. The van der Waals surface area contributed by atoms with Gasteiger partial charge in [-0.15, -0.1) is 0 Å². The average molecular weight is 158 g/mol. The van der Waals surface area contributed by atoms with Gasteiger partial charge in [-0.1, -0.05) is 27.2 Å². The van der Waals surface area contributed by atoms with Crippen LogP contribution in [0.1, 0.15) is 53.9 Å². The molecule has 0 saturated carbocycles. The lowest BCUT2D eigenvalue weighted by atomic mass is 9.70. The number of hydrogen-bond donors (Lipinski definition) is 1. The molecule has 0 saturated heterocycles. The Morgan fingerprint density at radius 2 is 1.55 bits per heavy atom. The minimum absolute atomic E-state index is 0.0851. The van der Waals surface area contributed by atoms with Crippen LogP contribution in [0.5, 0.6) is 0 Å². The van der Waals surface area contributed by atoms with Gasteiger partial charge in [-0.05, 0) is 32.1 Å². The minimum atomic E-state index is -0.544. The molecule has 0 rings (SSSR count). The van der Waals surface area contributed by atoms with E-state index in [-0.39, 0.29) is 5.41 Å². The second-order valence-corrected chi connectivity index (χ2v) is 4.22. The molecule has 11 heavy (non-hydrogen) atoms. The molecule has 0 aliphatic heterocycles. The van der Waals surface area contributed by atoms with E-state index in [9.17, 15) is 5.11 Å². The lowest BCUT2D eigenvalue weighted by Gasteiger charge is -2.40. The molecule has 0 aromatic carbocycles. The maximum absolute atomic E-state index is 9.87. The third-order valence-electron chi connectivity index (χ3n) is 3.06. The van der Waals surface area contributed by atoms with E-state index in [0.717, 1.165) is 19.3 Å². The predicted octanol–water partition coefficient (Wildman–Crippen LogP) is 2.97. The maximum Gasteiger partial charge on any atom is 0.0644 e. The molecule has 0 radical (unpaired) electrons. The third kappa shape index (κ3) is 2.48. The van der Waals surface area contributed by atoms with E-state index < -0.39 is 5.60 Å². The highest BCUT2D eigenvalue weighted by Crippen LogP contribution is 2.38. The summed E-state index contributed by atoms with van der Waals surface area (Å²) in [5, 5.41) is 9.87. The quantitative estimate of drug-likeness (QED) is 0.667. The van der Waals surface area contributed by atoms with Gasteiger partial charge in [-0.3, -0.25) is 0 Å². The number of rotatable bonds is 4. The lowest BCUT2D eigenvalue weighted by Crippen LogP contribution is -2.40. The lowest BCUT2D eigenvalue weighted by molar-refractivity contribution is -0.0529. The molecule has 0 amide bonds. The Kier molecular flexibility index (Phi) is 3.56. The highest BCUT2D eigenvalue weighted by Gasteiger charge is 2.36. The van der Waals surface area contributed by atoms with E-state index in [1.165, 1.54) is 0 Å². The zero-order valence-electron chi connectivity index (χ0n) is 8.57. The summed E-state index contributed by atoms with van der Waals surface area (Å²) in [5.74, 6) is 0. The van der Waals surface area contributed by atoms with Crippen molar-refractivity contribution in [3.05, 3.63) is 0 Å². The zero-order chi connectivity index (χ0) is 9.12. The Labute approximate surface area is 70.8 Å². The van der Waals surface area contributed by atoms with Gasteiger partial charge in [0.25, 0.3) is 0 Å². The number of aliphatic hydroxyl groups is 1. The highest BCUT2D eigenvalue weighted by molar-refractivity contribution is 4.87. The van der Waals surface area contributed by atoms with E-state index in [0.29, 0.717) is 0 Å². The van der Waals surface area contributed by atoms with Crippen LogP contribution in [-0.2, 0) is 0 Å². The van der Waals surface area contributed by atoms with E-state index in [2.05, 4.69) is 20.8 Å². The van der Waals surface area contributed by atoms with Crippen LogP contribution in [0.25, 0.3) is 0 Å². The van der Waals surface area contributed by atoms with Gasteiger partial charge >= 0.3 is 0 Å². The van der Waals surface area contributed by atoms with Crippen molar-refractivity contribution in [3.8, 4) is 0 Å². The molecule has 0 heterocycles. The molecular weight excluding hydrogens is 136 g/mol. The highest BCUT2D eigenvalue weighted by atomic mass is 16.3. The minimum Gasteiger partial charge on any atom is -0.390 e. The first kappa shape index (κ1) is 11.0. The van der Waals surface area contributed by atoms with Crippen LogP contribution in [0.4, 0.5) is 0 Å². The largest absolute Gasteiger partial charge is 0.390 e. The fourth-order valence-corrected chi connectivity index (χ4v) is 1.47. The van der Waals surface area contributed by atoms with Crippen LogP contribution in [0.15, 0.2) is 0 Å². The second-order valence-electron chi connectivity index (χ2n) is 4.22. The van der Waals surface area contributed by atoms with Crippen molar-refractivity contribution < 1.29 is 5.11 Å². The molecule has 0 aliphatic carbocycles. The predicted molar refractivity (Wildman–Crippen MR) is 49.6 cm³/mol. The molecule has 1 unspecified atom stereocenters. The Hall–Kier alpha value is -0.0400. The molecule has 0 aliphatic rings. The van der Waals surface area contributed by atoms with Crippen LogP contribution in [0, 0.1) is 5.41 Å². The van der Waals surface area contributed by atoms with Gasteiger partial charge in [-0.2, -0.15) is 0 Å². The molecule has 1 nitrogen and oxygen atoms in total. The van der Waals surface area contributed by atoms with E-state index in [1.54, 1.807) is 0 Å². The van der Waals surface area contributed by atoms with Crippen molar-refractivity contribution in [2.45, 2.75) is 59.5 Å². The van der Waals surface area contributed by atoms with Crippen molar-refractivity contribution in [2.24, 2.45) is 5.41 Å². The van der Waals surface area contributed by atoms with Crippen LogP contribution >= 0.6 is 0 Å². The summed E-state index contributed by atoms with van der Waals surface area (Å²) in [6.45, 7) is 10.3. The number of hydrogen-bond acceptors (Lipinski definition) is 1. The average Bonchev–Trinajstić information content (AvgIpc) is 1.86. The maximum atomic E-state index is 9.87. The van der Waals surface area contributed by atoms with Gasteiger partial charge in [0.15, 0.2) is 0 Å². The smallest absolute Gasteiger partial charge is 0.0644 e. The monoisotopic (exact) mass is 158 g/mol. The van der Waals surface area contributed by atoms with E-state index in [4.69, 9.17) is 0 Å². The van der Waals surface area contributed by atoms with Gasteiger partial charge in [0.2, 0.25) is 0 Å². The second kappa shape index (κ2) is 3.57. The SMILES string of the molecule is CCCC(C)(CC)C(C)(C)O. The molecule has 0 bridgehead atoms. The summed E-state index contributed by atoms with van der Waals surface area (Å²) in [6, 6.07) is 0. The van der Waals surface area contributed by atoms with Crippen LogP contribution < -0.4 is 0 Å². The fourth-order valence-electron chi connectivity index (χ4n) is 1.47. The molecular formula is C10H22O. The molecule has 0 aromatic heterocycles. The molecule has 0 spiro atoms. The van der Waals surface area contributed by atoms with Crippen molar-refractivity contribution in [1.29, 1.82) is 0 Å². The summed E-state index contributed by atoms with van der Waals surface area (Å²) in [7, 11) is 0. The summed E-state index contributed by atoms with van der Waals surface area (Å²) in [6.07, 6.45) is 3.30. The van der Waals surface area contributed by atoms with Gasteiger partial charge in [0, 0.05) is 0 Å². The van der Waals surface area contributed by atoms with Crippen molar-refractivity contribution in [1.82, 2.24) is 0 Å². The van der Waals surface area contributed by atoms with Crippen LogP contribution in [-0.4, -0.2) is 10.7 Å². The molecule has 68 valence electrons. The van der Waals surface area contributed by atoms with Crippen LogP contribution in [0.2, 0.25) is 0 Å². The van der Waals surface area contributed by atoms with Crippen molar-refractivity contribution in [3.63, 3.8) is 0 Å². The first-order valence-corrected chi connectivity index (χ1v) is 4.59. The molecule has 1 atom stereocenters. The van der Waals surface area contributed by atoms with E-state index >= 15 is 0 Å².